The molecule has 15 nitrogen and oxygen atoms in total. The van der Waals surface area contributed by atoms with Crippen LogP contribution < -0.4 is 5.32 Å². The number of aliphatic hydroxyl groups is 4. The number of carbonyl (C=O) groups is 2. The van der Waals surface area contributed by atoms with Gasteiger partial charge in [-0.1, -0.05) is 58.0 Å². The Labute approximate surface area is 370 Å². The Morgan fingerprint density at radius 3 is 2.15 bits per heavy atom. The van der Waals surface area contributed by atoms with Crippen LogP contribution in [0, 0.1) is 23.7 Å². The number of methoxy groups -OCH3 is 1. The number of nitrogens with one attached hydrogen (secondary N) is 1. The summed E-state index contributed by atoms with van der Waals surface area (Å²) in [6.07, 6.45) is -8.26. The van der Waals surface area contributed by atoms with Gasteiger partial charge in [-0.3, -0.25) is 9.59 Å². The van der Waals surface area contributed by atoms with Gasteiger partial charge in [0.1, 0.15) is 29.7 Å². The summed E-state index contributed by atoms with van der Waals surface area (Å²) in [6.45, 7) is 18.6. The number of hydrogen-bond acceptors (Lipinski definition) is 15. The van der Waals surface area contributed by atoms with E-state index in [0.717, 1.165) is 6.42 Å². The summed E-state index contributed by atoms with van der Waals surface area (Å²) in [5, 5.41) is 49.9. The highest BCUT2D eigenvalue weighted by molar-refractivity contribution is 5.83. The van der Waals surface area contributed by atoms with Crippen LogP contribution in [0.25, 0.3) is 0 Å². The SMILES string of the molecule is CCC1OC(=O)[C@H](C)C(O[C@H]2C[C@@](C)(OC)[C@@H](O)[C@H](C)O2)[C@H](C)[C@@H](O[C@@H]2O[C@H](C)C[C@H](N(C)C)[C@H]2O)[C@](C)(OCCNCCc2ccccc2)C[C@@H](C)C(=O)[C@H](C)[C@@H](O)[C@]1(C)O. The Morgan fingerprint density at radius 1 is 0.871 bits per heavy atom. The van der Waals surface area contributed by atoms with E-state index in [4.69, 9.17) is 33.2 Å². The van der Waals surface area contributed by atoms with Crippen LogP contribution in [0.15, 0.2) is 30.3 Å². The summed E-state index contributed by atoms with van der Waals surface area (Å²) in [7, 11) is 5.29. The van der Waals surface area contributed by atoms with Gasteiger partial charge in [-0.15, -0.1) is 0 Å². The van der Waals surface area contributed by atoms with Crippen molar-refractivity contribution in [1.82, 2.24) is 10.2 Å². The smallest absolute Gasteiger partial charge is 0.311 e. The molecule has 0 radical (unpaired) electrons. The molecule has 0 amide bonds. The molecule has 0 spiro atoms. The Balaban J connectivity index is 1.85. The highest BCUT2D eigenvalue weighted by Crippen LogP contribution is 2.42. The normalized spacial score (nSPS) is 43.0. The molecule has 4 rings (SSSR count). The van der Waals surface area contributed by atoms with E-state index in [2.05, 4.69) is 17.4 Å². The lowest BCUT2D eigenvalue weighted by molar-refractivity contribution is -0.320. The first kappa shape index (κ1) is 52.5. The van der Waals surface area contributed by atoms with E-state index >= 15 is 0 Å². The molecule has 15 heteroatoms. The number of ketones is 1. The van der Waals surface area contributed by atoms with Gasteiger partial charge in [0.2, 0.25) is 0 Å². The maximum Gasteiger partial charge on any atom is 0.311 e. The molecule has 356 valence electrons. The van der Waals surface area contributed by atoms with Crippen LogP contribution in [0.4, 0.5) is 0 Å². The molecule has 0 aliphatic carbocycles. The van der Waals surface area contributed by atoms with Gasteiger partial charge >= 0.3 is 5.97 Å². The van der Waals surface area contributed by atoms with Crippen molar-refractivity contribution in [2.75, 3.05) is 40.9 Å². The van der Waals surface area contributed by atoms with Crippen molar-refractivity contribution in [3.05, 3.63) is 35.9 Å². The van der Waals surface area contributed by atoms with Gasteiger partial charge in [-0.2, -0.15) is 0 Å². The number of benzene rings is 1. The predicted octanol–water partition coefficient (Wildman–Crippen LogP) is 3.64. The molecular weight excluding hydrogens is 801 g/mol. The standard InChI is InChI=1S/C47H80N2O13/c1-14-35-47(10,55)40(52)29(4)37(50)27(2)25-46(9,57-23-22-48-21-20-33-18-16-15-17-19-33)42(62-44-38(51)34(49(11)12)24-28(3)58-44)30(5)39(31(6)43(54)60-35)61-36-26-45(8,56-13)41(53)32(7)59-36/h15-19,27-32,34-36,38-42,44,48,51-53,55H,14,20-26H2,1-13H3/t27-,28-,29+,30+,31-,32+,34+,35?,36+,38-,39?,40-,41+,42-,44+,45-,46-,47-/m1/s1. The Hall–Kier alpha value is -2.12. The summed E-state index contributed by atoms with van der Waals surface area (Å²) >= 11 is 0. The van der Waals surface area contributed by atoms with Gasteiger partial charge in [0.05, 0.1) is 54.2 Å². The number of nitrogens with zero attached hydrogens (tertiary/aromatic N) is 1. The predicted molar refractivity (Wildman–Crippen MR) is 233 cm³/mol. The zero-order valence-corrected chi connectivity index (χ0v) is 39.6. The zero-order valence-electron chi connectivity index (χ0n) is 39.6. The molecule has 1 aromatic rings. The van der Waals surface area contributed by atoms with Crippen molar-refractivity contribution in [3.63, 3.8) is 0 Å². The molecule has 1 aromatic carbocycles. The molecule has 2 unspecified atom stereocenters. The molecule has 3 fully saturated rings. The fourth-order valence-electron chi connectivity index (χ4n) is 9.89. The van der Waals surface area contributed by atoms with Crippen molar-refractivity contribution >= 4 is 11.8 Å². The van der Waals surface area contributed by atoms with Crippen LogP contribution in [-0.2, 0) is 49.2 Å². The number of aliphatic hydroxyl groups excluding tert-OH is 3. The first-order valence-electron chi connectivity index (χ1n) is 22.7. The molecule has 3 aliphatic heterocycles. The lowest BCUT2D eigenvalue weighted by Crippen LogP contribution is -2.61. The minimum atomic E-state index is -1.99. The molecular formula is C47H80N2O13. The number of carbonyl (C=O) groups excluding carboxylic acids is 2. The number of esters is 1. The third-order valence-electron chi connectivity index (χ3n) is 13.9. The third kappa shape index (κ3) is 12.4. The summed E-state index contributed by atoms with van der Waals surface area (Å²) in [5.41, 5.74) is -3.17. The van der Waals surface area contributed by atoms with Gasteiger partial charge in [0.25, 0.3) is 0 Å². The van der Waals surface area contributed by atoms with Crippen LogP contribution in [0.1, 0.15) is 100 Å². The highest BCUT2D eigenvalue weighted by atomic mass is 16.7. The van der Waals surface area contributed by atoms with Crippen molar-refractivity contribution in [2.24, 2.45) is 23.7 Å². The van der Waals surface area contributed by atoms with Crippen LogP contribution in [0.2, 0.25) is 0 Å². The average molecular weight is 881 g/mol. The number of ether oxygens (including phenoxy) is 7. The zero-order chi connectivity index (χ0) is 46.3. The van der Waals surface area contributed by atoms with Crippen LogP contribution in [0.3, 0.4) is 0 Å². The van der Waals surface area contributed by atoms with Crippen molar-refractivity contribution in [1.29, 1.82) is 0 Å². The topological polar surface area (TPSA) is 195 Å². The van der Waals surface area contributed by atoms with E-state index < -0.39 is 102 Å². The van der Waals surface area contributed by atoms with E-state index in [9.17, 15) is 30.0 Å². The lowest BCUT2D eigenvalue weighted by atomic mass is 9.73. The molecule has 0 bridgehead atoms. The first-order chi connectivity index (χ1) is 29.0. The van der Waals surface area contributed by atoms with Gasteiger partial charge < -0.3 is 63.8 Å². The minimum absolute atomic E-state index is 0.0905. The second-order valence-corrected chi connectivity index (χ2v) is 19.3. The second kappa shape index (κ2) is 22.4. The minimum Gasteiger partial charge on any atom is -0.459 e. The van der Waals surface area contributed by atoms with Crippen molar-refractivity contribution < 1.29 is 63.2 Å². The van der Waals surface area contributed by atoms with E-state index in [1.54, 1.807) is 41.5 Å². The van der Waals surface area contributed by atoms with Crippen LogP contribution in [-0.4, -0.2) is 162 Å². The molecule has 3 aliphatic rings. The molecule has 62 heavy (non-hydrogen) atoms. The largest absolute Gasteiger partial charge is 0.459 e. The monoisotopic (exact) mass is 881 g/mol. The maximum atomic E-state index is 14.5. The quantitative estimate of drug-likeness (QED) is 0.134. The number of hydrogen-bond donors (Lipinski definition) is 5. The maximum absolute atomic E-state index is 14.5. The lowest BCUT2D eigenvalue weighted by Gasteiger charge is -2.50. The van der Waals surface area contributed by atoms with E-state index in [1.165, 1.54) is 19.6 Å². The number of likely N-dealkylation sites (N-methyl/N-ethyl adjacent to an activating group) is 1. The molecule has 3 heterocycles. The van der Waals surface area contributed by atoms with E-state index in [1.807, 2.05) is 58.0 Å². The third-order valence-corrected chi connectivity index (χ3v) is 13.9. The van der Waals surface area contributed by atoms with Crippen molar-refractivity contribution in [2.45, 2.75) is 186 Å². The molecule has 18 atom stereocenters. The number of rotatable bonds is 14. The molecule has 5 N–H and O–H groups in total. The summed E-state index contributed by atoms with van der Waals surface area (Å²) in [6, 6.07) is 9.83. The second-order valence-electron chi connectivity index (χ2n) is 19.3. The first-order valence-corrected chi connectivity index (χ1v) is 22.7. The van der Waals surface area contributed by atoms with Crippen LogP contribution in [0.5, 0.6) is 0 Å². The Morgan fingerprint density at radius 2 is 1.53 bits per heavy atom. The Bertz CT molecular complexity index is 1550. The van der Waals surface area contributed by atoms with E-state index in [-0.39, 0.29) is 43.8 Å². The molecule has 0 aromatic heterocycles. The van der Waals surface area contributed by atoms with E-state index in [0.29, 0.717) is 19.5 Å². The van der Waals surface area contributed by atoms with Crippen LogP contribution >= 0.6 is 0 Å². The number of Topliss-reactive ketones (excluding diaryl/α,β-unsaturated/α-hetero) is 1. The fraction of sp³-hybridized carbons (Fsp3) is 0.830. The summed E-state index contributed by atoms with van der Waals surface area (Å²) < 4.78 is 45.3. The molecule has 0 saturated carbocycles. The Kier molecular flexibility index (Phi) is 19.0. The fourth-order valence-corrected chi connectivity index (χ4v) is 9.89. The van der Waals surface area contributed by atoms with Gasteiger partial charge in [0.15, 0.2) is 12.6 Å². The summed E-state index contributed by atoms with van der Waals surface area (Å²) in [5.74, 6) is -4.62. The highest BCUT2D eigenvalue weighted by Gasteiger charge is 2.54. The van der Waals surface area contributed by atoms with Gasteiger partial charge in [-0.05, 0) is 93.4 Å². The van der Waals surface area contributed by atoms with Crippen molar-refractivity contribution in [3.8, 4) is 0 Å². The average Bonchev–Trinajstić information content (AvgIpc) is 3.23. The van der Waals surface area contributed by atoms with Gasteiger partial charge in [0, 0.05) is 43.9 Å². The molecule has 3 saturated heterocycles. The number of cyclic esters (lactones) is 1. The summed E-state index contributed by atoms with van der Waals surface area (Å²) in [4.78, 5) is 30.8. The van der Waals surface area contributed by atoms with Gasteiger partial charge in [-0.25, -0.2) is 0 Å².